The first kappa shape index (κ1) is 13.8. The van der Waals surface area contributed by atoms with Gasteiger partial charge in [0.05, 0.1) is 5.02 Å². The van der Waals surface area contributed by atoms with E-state index in [0.717, 1.165) is 8.04 Å². The van der Waals surface area contributed by atoms with Crippen LogP contribution < -0.4 is 5.32 Å². The Kier molecular flexibility index (Phi) is 4.58. The van der Waals surface area contributed by atoms with E-state index < -0.39 is 0 Å². The lowest BCUT2D eigenvalue weighted by molar-refractivity contribution is 0.102. The van der Waals surface area contributed by atoms with E-state index in [0.29, 0.717) is 16.4 Å². The molecule has 0 saturated heterocycles. The summed E-state index contributed by atoms with van der Waals surface area (Å²) in [6.45, 7) is 0. The van der Waals surface area contributed by atoms with E-state index in [1.165, 1.54) is 0 Å². The number of benzene rings is 1. The summed E-state index contributed by atoms with van der Waals surface area (Å²) in [5.74, 6) is 0.265. The molecule has 0 radical (unpaired) electrons. The number of carbonyl (C=O) groups is 1. The molecule has 1 heterocycles. The Balaban J connectivity index is 2.16. The van der Waals surface area contributed by atoms with Crippen LogP contribution in [0.1, 0.15) is 10.4 Å². The number of aromatic nitrogens is 1. The average molecular weight is 437 g/mol. The van der Waals surface area contributed by atoms with Gasteiger partial charge in [-0.15, -0.1) is 0 Å². The number of hydrogen-bond acceptors (Lipinski definition) is 2. The van der Waals surface area contributed by atoms with E-state index in [4.69, 9.17) is 11.6 Å². The van der Waals surface area contributed by atoms with Crippen LogP contribution in [0.4, 0.5) is 5.82 Å². The first-order valence-electron chi connectivity index (χ1n) is 4.94. The number of rotatable bonds is 2. The fraction of sp³-hybridized carbons (Fsp3) is 0. The second-order valence-electron chi connectivity index (χ2n) is 3.44. The smallest absolute Gasteiger partial charge is 0.256 e. The maximum absolute atomic E-state index is 11.9. The van der Waals surface area contributed by atoms with Crippen molar-refractivity contribution in [1.29, 1.82) is 0 Å². The molecule has 0 aliphatic carbocycles. The molecule has 1 N–H and O–H groups in total. The van der Waals surface area contributed by atoms with Crippen LogP contribution in [0.25, 0.3) is 0 Å². The molecule has 0 aliphatic heterocycles. The van der Waals surface area contributed by atoms with Crippen molar-refractivity contribution < 1.29 is 4.79 Å². The van der Waals surface area contributed by atoms with E-state index in [1.807, 2.05) is 6.07 Å². The number of carbonyl (C=O) groups excluding carboxylic acids is 1. The molecule has 18 heavy (non-hydrogen) atoms. The van der Waals surface area contributed by atoms with Crippen LogP contribution in [0, 0.1) is 3.57 Å². The summed E-state index contributed by atoms with van der Waals surface area (Å²) in [7, 11) is 0. The number of nitrogens with one attached hydrogen (secondary N) is 1. The average Bonchev–Trinajstić information content (AvgIpc) is 2.35. The van der Waals surface area contributed by atoms with Crippen LogP contribution in [0.3, 0.4) is 0 Å². The zero-order valence-corrected chi connectivity index (χ0v) is 13.5. The summed E-state index contributed by atoms with van der Waals surface area (Å²) in [4.78, 5) is 16.0. The molecule has 2 rings (SSSR count). The van der Waals surface area contributed by atoms with Crippen LogP contribution in [-0.4, -0.2) is 10.9 Å². The van der Waals surface area contributed by atoms with E-state index in [9.17, 15) is 4.79 Å². The Morgan fingerprint density at radius 2 is 2.11 bits per heavy atom. The molecule has 6 heteroatoms. The SMILES string of the molecule is O=C(Nc1ccc(Br)cn1)c1ccc(I)c(Cl)c1. The summed E-state index contributed by atoms with van der Waals surface area (Å²) in [6, 6.07) is 8.69. The summed E-state index contributed by atoms with van der Waals surface area (Å²) in [5.41, 5.74) is 0.505. The van der Waals surface area contributed by atoms with Crippen molar-refractivity contribution in [1.82, 2.24) is 4.98 Å². The largest absolute Gasteiger partial charge is 0.307 e. The van der Waals surface area contributed by atoms with Gasteiger partial charge in [0.15, 0.2) is 0 Å². The van der Waals surface area contributed by atoms with Gasteiger partial charge < -0.3 is 5.32 Å². The minimum atomic E-state index is -0.233. The number of pyridine rings is 1. The number of halogens is 3. The van der Waals surface area contributed by atoms with Gasteiger partial charge in [0, 0.05) is 19.8 Å². The highest BCUT2D eigenvalue weighted by atomic mass is 127. The van der Waals surface area contributed by atoms with Crippen molar-refractivity contribution in [2.24, 2.45) is 0 Å². The Labute approximate surface area is 131 Å². The summed E-state index contributed by atoms with van der Waals surface area (Å²) >= 11 is 11.4. The third kappa shape index (κ3) is 3.43. The van der Waals surface area contributed by atoms with Crippen molar-refractivity contribution >= 4 is 61.8 Å². The van der Waals surface area contributed by atoms with Crippen LogP contribution >= 0.6 is 50.1 Å². The topological polar surface area (TPSA) is 42.0 Å². The van der Waals surface area contributed by atoms with E-state index in [2.05, 4.69) is 48.8 Å². The third-order valence-electron chi connectivity index (χ3n) is 2.15. The molecular weight excluding hydrogens is 430 g/mol. The minimum Gasteiger partial charge on any atom is -0.307 e. The van der Waals surface area contributed by atoms with Crippen molar-refractivity contribution in [2.45, 2.75) is 0 Å². The van der Waals surface area contributed by atoms with Crippen molar-refractivity contribution in [2.75, 3.05) is 5.32 Å². The molecule has 1 aromatic carbocycles. The summed E-state index contributed by atoms with van der Waals surface area (Å²) in [5, 5.41) is 3.26. The molecular formula is C12H7BrClIN2O. The highest BCUT2D eigenvalue weighted by Crippen LogP contribution is 2.20. The molecule has 1 amide bonds. The number of amides is 1. The Bertz CT molecular complexity index is 589. The number of anilines is 1. The van der Waals surface area contributed by atoms with E-state index in [1.54, 1.807) is 30.5 Å². The predicted molar refractivity (Wildman–Crippen MR) is 84.1 cm³/mol. The monoisotopic (exact) mass is 436 g/mol. The normalized spacial score (nSPS) is 10.2. The highest BCUT2D eigenvalue weighted by Gasteiger charge is 2.08. The molecule has 0 spiro atoms. The molecule has 92 valence electrons. The van der Waals surface area contributed by atoms with E-state index in [-0.39, 0.29) is 5.91 Å². The third-order valence-corrected chi connectivity index (χ3v) is 4.19. The molecule has 0 unspecified atom stereocenters. The summed E-state index contributed by atoms with van der Waals surface area (Å²) < 4.78 is 1.77. The van der Waals surface area contributed by atoms with Gasteiger partial charge in [-0.3, -0.25) is 4.79 Å². The second kappa shape index (κ2) is 5.99. The van der Waals surface area contributed by atoms with Crippen LogP contribution in [0.15, 0.2) is 41.0 Å². The van der Waals surface area contributed by atoms with Gasteiger partial charge in [-0.25, -0.2) is 4.98 Å². The number of hydrogen-bond donors (Lipinski definition) is 1. The van der Waals surface area contributed by atoms with Gasteiger partial charge in [0.2, 0.25) is 0 Å². The number of nitrogens with zero attached hydrogens (tertiary/aromatic N) is 1. The van der Waals surface area contributed by atoms with Crippen LogP contribution in [0.5, 0.6) is 0 Å². The molecule has 0 atom stereocenters. The molecule has 0 saturated carbocycles. The molecule has 2 aromatic rings. The van der Waals surface area contributed by atoms with E-state index >= 15 is 0 Å². The molecule has 1 aromatic heterocycles. The van der Waals surface area contributed by atoms with Gasteiger partial charge >= 0.3 is 0 Å². The summed E-state index contributed by atoms with van der Waals surface area (Å²) in [6.07, 6.45) is 1.62. The lowest BCUT2D eigenvalue weighted by Gasteiger charge is -2.05. The molecule has 0 bridgehead atoms. The lowest BCUT2D eigenvalue weighted by Crippen LogP contribution is -2.12. The van der Waals surface area contributed by atoms with Gasteiger partial charge in [-0.1, -0.05) is 11.6 Å². The second-order valence-corrected chi connectivity index (χ2v) is 5.93. The zero-order chi connectivity index (χ0) is 13.1. The Morgan fingerprint density at radius 1 is 1.33 bits per heavy atom. The van der Waals surface area contributed by atoms with Crippen molar-refractivity contribution in [3.05, 3.63) is 55.2 Å². The first-order valence-corrected chi connectivity index (χ1v) is 7.19. The molecule has 3 nitrogen and oxygen atoms in total. The van der Waals surface area contributed by atoms with Gasteiger partial charge in [-0.05, 0) is 68.9 Å². The quantitative estimate of drug-likeness (QED) is 0.710. The molecule has 0 aliphatic rings. The van der Waals surface area contributed by atoms with Crippen molar-refractivity contribution in [3.8, 4) is 0 Å². The Morgan fingerprint density at radius 3 is 2.72 bits per heavy atom. The Hall–Kier alpha value is -0.660. The standard InChI is InChI=1S/C12H7BrClIN2O/c13-8-2-4-11(16-6-8)17-12(18)7-1-3-10(15)9(14)5-7/h1-6H,(H,16,17,18). The zero-order valence-electron chi connectivity index (χ0n) is 8.95. The highest BCUT2D eigenvalue weighted by molar-refractivity contribution is 14.1. The van der Waals surface area contributed by atoms with Crippen LogP contribution in [0.2, 0.25) is 5.02 Å². The van der Waals surface area contributed by atoms with Gasteiger partial charge in [0.1, 0.15) is 5.82 Å². The minimum absolute atomic E-state index is 0.233. The fourth-order valence-corrected chi connectivity index (χ4v) is 2.03. The van der Waals surface area contributed by atoms with Gasteiger partial charge in [-0.2, -0.15) is 0 Å². The van der Waals surface area contributed by atoms with Gasteiger partial charge in [0.25, 0.3) is 5.91 Å². The lowest BCUT2D eigenvalue weighted by atomic mass is 10.2. The van der Waals surface area contributed by atoms with Crippen LogP contribution in [-0.2, 0) is 0 Å². The fourth-order valence-electron chi connectivity index (χ4n) is 1.28. The van der Waals surface area contributed by atoms with Crippen molar-refractivity contribution in [3.63, 3.8) is 0 Å². The first-order chi connectivity index (χ1) is 8.56. The predicted octanol–water partition coefficient (Wildman–Crippen LogP) is 4.35. The molecule has 0 fully saturated rings. The maximum Gasteiger partial charge on any atom is 0.256 e. The maximum atomic E-state index is 11.9.